The third-order valence-electron chi connectivity index (χ3n) is 7.07. The van der Waals surface area contributed by atoms with Gasteiger partial charge in [0.2, 0.25) is 27.5 Å². The van der Waals surface area contributed by atoms with Crippen LogP contribution < -0.4 is 5.73 Å². The van der Waals surface area contributed by atoms with E-state index in [1.54, 1.807) is 24.3 Å². The van der Waals surface area contributed by atoms with Crippen molar-refractivity contribution in [1.82, 2.24) is 14.1 Å². The molecule has 1 aliphatic carbocycles. The lowest BCUT2D eigenvalue weighted by molar-refractivity contribution is -0.185. The Bertz CT molecular complexity index is 1400. The maximum atomic E-state index is 14.0. The molecule has 3 aliphatic rings. The van der Waals surface area contributed by atoms with Gasteiger partial charge in [-0.25, -0.2) is 8.42 Å². The Labute approximate surface area is 232 Å². The van der Waals surface area contributed by atoms with Gasteiger partial charge >= 0.3 is 0 Å². The molecule has 37 heavy (non-hydrogen) atoms. The second-order valence-electron chi connectivity index (χ2n) is 9.39. The molecule has 13 heteroatoms. The normalized spacial score (nSPS) is 24.8. The Morgan fingerprint density at radius 1 is 1.11 bits per heavy atom. The number of benzene rings is 2. The molecule has 2 aromatic rings. The van der Waals surface area contributed by atoms with Crippen molar-refractivity contribution in [1.29, 1.82) is 0 Å². The molecule has 2 aromatic carbocycles. The highest BCUT2D eigenvalue weighted by atomic mass is 79.9. The molecule has 3 fully saturated rings. The highest BCUT2D eigenvalue weighted by molar-refractivity contribution is 9.10. The van der Waals surface area contributed by atoms with Crippen LogP contribution in [0.2, 0.25) is 10.0 Å². The fourth-order valence-corrected chi connectivity index (χ4v) is 7.91. The number of amides is 3. The molecular weight excluding hydrogens is 607 g/mol. The number of sulfonamides is 1. The molecule has 3 amide bonds. The van der Waals surface area contributed by atoms with E-state index in [0.717, 1.165) is 32.1 Å². The molecule has 9 nitrogen and oxygen atoms in total. The number of fused-ring (bicyclic) bond motifs is 1. The first kappa shape index (κ1) is 26.4. The SMILES string of the molecule is NC(=O)C12CN(C3CC3)C(=O)C(Cc3ccc(Br)cc3)N1C(=O)CCN2S(=O)(=O)c1ccc(Cl)cc1Cl. The number of hydrogen-bond acceptors (Lipinski definition) is 5. The average molecular weight is 630 g/mol. The van der Waals surface area contributed by atoms with Crippen molar-refractivity contribution in [2.24, 2.45) is 5.73 Å². The van der Waals surface area contributed by atoms with Gasteiger partial charge in [-0.05, 0) is 48.7 Å². The van der Waals surface area contributed by atoms with Gasteiger partial charge in [0.25, 0.3) is 5.91 Å². The Hall–Kier alpha value is -2.18. The molecular formula is C24H23BrCl2N4O5S. The number of hydrogen-bond donors (Lipinski definition) is 1. The van der Waals surface area contributed by atoms with E-state index in [1.807, 2.05) is 0 Å². The second-order valence-corrected chi connectivity index (χ2v) is 13.0. The van der Waals surface area contributed by atoms with Gasteiger partial charge in [-0.2, -0.15) is 4.31 Å². The molecule has 0 aromatic heterocycles. The predicted molar refractivity (Wildman–Crippen MR) is 140 cm³/mol. The highest BCUT2D eigenvalue weighted by Crippen LogP contribution is 2.43. The van der Waals surface area contributed by atoms with Gasteiger partial charge in [-0.1, -0.05) is 51.3 Å². The first-order chi connectivity index (χ1) is 17.5. The van der Waals surface area contributed by atoms with E-state index in [2.05, 4.69) is 15.9 Å². The van der Waals surface area contributed by atoms with Crippen LogP contribution in [0.5, 0.6) is 0 Å². The Kier molecular flexibility index (Phi) is 6.81. The van der Waals surface area contributed by atoms with E-state index in [0.29, 0.717) is 0 Å². The van der Waals surface area contributed by atoms with Crippen LogP contribution in [0.25, 0.3) is 0 Å². The molecule has 0 bridgehead atoms. The Morgan fingerprint density at radius 2 is 1.78 bits per heavy atom. The predicted octanol–water partition coefficient (Wildman–Crippen LogP) is 2.78. The lowest BCUT2D eigenvalue weighted by Gasteiger charge is -2.57. The fourth-order valence-electron chi connectivity index (χ4n) is 5.19. The molecule has 0 spiro atoms. The van der Waals surface area contributed by atoms with Gasteiger partial charge in [-0.15, -0.1) is 0 Å². The first-order valence-electron chi connectivity index (χ1n) is 11.6. The van der Waals surface area contributed by atoms with E-state index in [1.165, 1.54) is 23.1 Å². The van der Waals surface area contributed by atoms with Crippen LogP contribution in [0.4, 0.5) is 0 Å². The quantitative estimate of drug-likeness (QED) is 0.527. The van der Waals surface area contributed by atoms with Crippen molar-refractivity contribution >= 4 is 66.9 Å². The van der Waals surface area contributed by atoms with Crippen LogP contribution in [-0.4, -0.2) is 71.1 Å². The first-order valence-corrected chi connectivity index (χ1v) is 14.6. The van der Waals surface area contributed by atoms with Gasteiger partial charge in [0.05, 0.1) is 11.6 Å². The number of primary amides is 1. The molecule has 2 aliphatic heterocycles. The molecule has 2 saturated heterocycles. The van der Waals surface area contributed by atoms with E-state index >= 15 is 0 Å². The van der Waals surface area contributed by atoms with E-state index in [9.17, 15) is 22.8 Å². The molecule has 196 valence electrons. The van der Waals surface area contributed by atoms with Crippen molar-refractivity contribution in [3.63, 3.8) is 0 Å². The molecule has 1 saturated carbocycles. The number of halogens is 3. The summed E-state index contributed by atoms with van der Waals surface area (Å²) in [5, 5.41) is 0.106. The zero-order valence-electron chi connectivity index (χ0n) is 19.4. The Morgan fingerprint density at radius 3 is 2.38 bits per heavy atom. The minimum atomic E-state index is -4.45. The number of nitrogens with zero attached hydrogens (tertiary/aromatic N) is 3. The fraction of sp³-hybridized carbons (Fsp3) is 0.375. The minimum absolute atomic E-state index is 0.0890. The zero-order valence-corrected chi connectivity index (χ0v) is 23.4. The van der Waals surface area contributed by atoms with Crippen molar-refractivity contribution in [2.75, 3.05) is 13.1 Å². The van der Waals surface area contributed by atoms with Gasteiger partial charge in [0.15, 0.2) is 0 Å². The van der Waals surface area contributed by atoms with Crippen LogP contribution in [0.1, 0.15) is 24.8 Å². The smallest absolute Gasteiger partial charge is 0.261 e. The number of piperazine rings is 1. The topological polar surface area (TPSA) is 121 Å². The third-order valence-corrected chi connectivity index (χ3v) is 10.2. The number of rotatable bonds is 6. The van der Waals surface area contributed by atoms with E-state index in [4.69, 9.17) is 28.9 Å². The van der Waals surface area contributed by atoms with Crippen LogP contribution in [0.15, 0.2) is 51.8 Å². The standard InChI is InChI=1S/C24H23BrCl2N4O5S/c25-15-3-1-14(2-4-15)11-19-22(33)29(17-6-7-17)13-24(23(28)34)30(10-9-21(32)31(19)24)37(35,36)20-8-5-16(26)12-18(20)27/h1-5,8,12,17,19H,6-7,9-11,13H2,(H2,28,34). The molecule has 2 N–H and O–H groups in total. The van der Waals surface area contributed by atoms with Crippen molar-refractivity contribution < 1.29 is 22.8 Å². The van der Waals surface area contributed by atoms with Gasteiger partial charge in [0, 0.05) is 34.9 Å². The summed E-state index contributed by atoms with van der Waals surface area (Å²) in [7, 11) is -4.45. The third kappa shape index (κ3) is 4.44. The monoisotopic (exact) mass is 628 g/mol. The van der Waals surface area contributed by atoms with Crippen LogP contribution in [0, 0.1) is 0 Å². The van der Waals surface area contributed by atoms with Gasteiger partial charge in [-0.3, -0.25) is 14.4 Å². The minimum Gasteiger partial charge on any atom is -0.366 e. The number of nitrogens with two attached hydrogens (primary N) is 1. The molecule has 0 radical (unpaired) electrons. The van der Waals surface area contributed by atoms with E-state index in [-0.39, 0.29) is 52.8 Å². The molecule has 2 atom stereocenters. The van der Waals surface area contributed by atoms with Crippen molar-refractivity contribution in [3.05, 3.63) is 62.5 Å². The Balaban J connectivity index is 1.67. The summed E-state index contributed by atoms with van der Waals surface area (Å²) < 4.78 is 29.8. The molecule has 2 heterocycles. The van der Waals surface area contributed by atoms with Crippen LogP contribution in [0.3, 0.4) is 0 Å². The van der Waals surface area contributed by atoms with Crippen LogP contribution in [-0.2, 0) is 30.8 Å². The maximum Gasteiger partial charge on any atom is 0.261 e. The van der Waals surface area contributed by atoms with Gasteiger partial charge in [0.1, 0.15) is 10.9 Å². The van der Waals surface area contributed by atoms with Crippen LogP contribution >= 0.6 is 39.1 Å². The number of carbonyl (C=O) groups excluding carboxylic acids is 3. The average Bonchev–Trinajstić information content (AvgIpc) is 3.67. The summed E-state index contributed by atoms with van der Waals surface area (Å²) in [6.45, 7) is -0.643. The molecule has 5 rings (SSSR count). The largest absolute Gasteiger partial charge is 0.366 e. The summed E-state index contributed by atoms with van der Waals surface area (Å²) >= 11 is 15.6. The summed E-state index contributed by atoms with van der Waals surface area (Å²) in [5.41, 5.74) is 4.59. The summed E-state index contributed by atoms with van der Waals surface area (Å²) in [6.07, 6.45) is 1.29. The zero-order chi connectivity index (χ0) is 26.7. The van der Waals surface area contributed by atoms with E-state index < -0.39 is 33.5 Å². The summed E-state index contributed by atoms with van der Waals surface area (Å²) in [4.78, 5) is 42.8. The van der Waals surface area contributed by atoms with Gasteiger partial charge < -0.3 is 15.5 Å². The summed E-state index contributed by atoms with van der Waals surface area (Å²) in [5.74, 6) is -1.88. The molecule has 2 unspecified atom stereocenters. The van der Waals surface area contributed by atoms with Crippen molar-refractivity contribution in [3.8, 4) is 0 Å². The lowest BCUT2D eigenvalue weighted by atomic mass is 9.90. The second kappa shape index (κ2) is 9.53. The highest BCUT2D eigenvalue weighted by Gasteiger charge is 2.65. The van der Waals surface area contributed by atoms with Crippen molar-refractivity contribution in [2.45, 2.75) is 48.3 Å². The lowest BCUT2D eigenvalue weighted by Crippen LogP contribution is -2.82. The maximum absolute atomic E-state index is 14.0. The summed E-state index contributed by atoms with van der Waals surface area (Å²) in [6, 6.07) is 9.86. The number of carbonyl (C=O) groups is 3.